The van der Waals surface area contributed by atoms with E-state index < -0.39 is 0 Å². The minimum Gasteiger partial charge on any atom is -0.495 e. The van der Waals surface area contributed by atoms with Crippen LogP contribution in [-0.4, -0.2) is 12.1 Å². The predicted octanol–water partition coefficient (Wildman–Crippen LogP) is 2.88. The second-order valence-electron chi connectivity index (χ2n) is 4.12. The summed E-state index contributed by atoms with van der Waals surface area (Å²) in [5.74, 6) is 0.659. The standard InChI is InChI=1S/C15H15N3O/c1-11-5-3-7-13(18-11)10-17-15-12(9-16)6-4-8-14(15)19-2/h3-8,17H,10H2,1-2H3. The number of aromatic nitrogens is 1. The zero-order valence-electron chi connectivity index (χ0n) is 11.0. The molecule has 0 saturated carbocycles. The van der Waals surface area contributed by atoms with Crippen LogP contribution >= 0.6 is 0 Å². The van der Waals surface area contributed by atoms with Gasteiger partial charge in [0, 0.05) is 5.69 Å². The summed E-state index contributed by atoms with van der Waals surface area (Å²) in [6.07, 6.45) is 0. The number of ether oxygens (including phenoxy) is 1. The number of aryl methyl sites for hydroxylation is 1. The number of methoxy groups -OCH3 is 1. The lowest BCUT2D eigenvalue weighted by Crippen LogP contribution is -2.05. The van der Waals surface area contributed by atoms with Gasteiger partial charge in [0.15, 0.2) is 0 Å². The van der Waals surface area contributed by atoms with Crippen LogP contribution in [-0.2, 0) is 6.54 Å². The van der Waals surface area contributed by atoms with Crippen LogP contribution in [0.2, 0.25) is 0 Å². The Hall–Kier alpha value is -2.54. The average Bonchev–Trinajstić information content (AvgIpc) is 2.44. The molecule has 0 spiro atoms. The van der Waals surface area contributed by atoms with Crippen LogP contribution in [0.25, 0.3) is 0 Å². The van der Waals surface area contributed by atoms with Crippen LogP contribution in [0.1, 0.15) is 17.0 Å². The molecule has 1 N–H and O–H groups in total. The lowest BCUT2D eigenvalue weighted by molar-refractivity contribution is 0.416. The minimum absolute atomic E-state index is 0.552. The van der Waals surface area contributed by atoms with Crippen molar-refractivity contribution in [2.24, 2.45) is 0 Å². The van der Waals surface area contributed by atoms with Crippen molar-refractivity contribution in [1.82, 2.24) is 4.98 Å². The lowest BCUT2D eigenvalue weighted by atomic mass is 10.1. The molecule has 0 aliphatic rings. The molecule has 4 nitrogen and oxygen atoms in total. The molecule has 2 aromatic rings. The highest BCUT2D eigenvalue weighted by atomic mass is 16.5. The van der Waals surface area contributed by atoms with E-state index in [1.807, 2.05) is 31.2 Å². The Morgan fingerprint density at radius 1 is 1.26 bits per heavy atom. The number of para-hydroxylation sites is 1. The normalized spacial score (nSPS) is 9.74. The van der Waals surface area contributed by atoms with Crippen LogP contribution < -0.4 is 10.1 Å². The van der Waals surface area contributed by atoms with Crippen molar-refractivity contribution in [2.45, 2.75) is 13.5 Å². The number of rotatable bonds is 4. The molecule has 0 fully saturated rings. The Kier molecular flexibility index (Phi) is 3.99. The van der Waals surface area contributed by atoms with Crippen molar-refractivity contribution in [3.8, 4) is 11.8 Å². The van der Waals surface area contributed by atoms with Gasteiger partial charge in [-0.3, -0.25) is 4.98 Å². The molecular formula is C15H15N3O. The number of anilines is 1. The van der Waals surface area contributed by atoms with Gasteiger partial charge in [-0.25, -0.2) is 0 Å². The van der Waals surface area contributed by atoms with Crippen LogP contribution in [0.15, 0.2) is 36.4 Å². The van der Waals surface area contributed by atoms with Gasteiger partial charge in [0.2, 0.25) is 0 Å². The van der Waals surface area contributed by atoms with Gasteiger partial charge in [-0.15, -0.1) is 0 Å². The lowest BCUT2D eigenvalue weighted by Gasteiger charge is -2.12. The molecule has 96 valence electrons. The van der Waals surface area contributed by atoms with Crippen molar-refractivity contribution in [3.05, 3.63) is 53.3 Å². The number of hydrogen-bond acceptors (Lipinski definition) is 4. The van der Waals surface area contributed by atoms with Gasteiger partial charge in [0.1, 0.15) is 11.8 Å². The third-order valence-corrected chi connectivity index (χ3v) is 2.76. The summed E-state index contributed by atoms with van der Waals surface area (Å²) in [6, 6.07) is 13.4. The maximum atomic E-state index is 9.12. The van der Waals surface area contributed by atoms with E-state index in [9.17, 15) is 0 Å². The second kappa shape index (κ2) is 5.87. The van der Waals surface area contributed by atoms with E-state index in [2.05, 4.69) is 16.4 Å². The van der Waals surface area contributed by atoms with E-state index in [0.29, 0.717) is 23.5 Å². The molecule has 1 heterocycles. The third-order valence-electron chi connectivity index (χ3n) is 2.76. The Labute approximate surface area is 112 Å². The van der Waals surface area contributed by atoms with Crippen LogP contribution in [0, 0.1) is 18.3 Å². The van der Waals surface area contributed by atoms with E-state index in [-0.39, 0.29) is 0 Å². The molecule has 1 aromatic carbocycles. The molecular weight excluding hydrogens is 238 g/mol. The van der Waals surface area contributed by atoms with Gasteiger partial charge in [0.25, 0.3) is 0 Å². The molecule has 0 unspecified atom stereocenters. The average molecular weight is 253 g/mol. The summed E-state index contributed by atoms with van der Waals surface area (Å²) in [4.78, 5) is 4.41. The van der Waals surface area contributed by atoms with E-state index in [4.69, 9.17) is 10.00 Å². The molecule has 0 aliphatic carbocycles. The quantitative estimate of drug-likeness (QED) is 0.910. The number of nitriles is 1. The molecule has 0 aliphatic heterocycles. The first-order chi connectivity index (χ1) is 9.24. The highest BCUT2D eigenvalue weighted by molar-refractivity contribution is 5.66. The van der Waals surface area contributed by atoms with Crippen molar-refractivity contribution in [3.63, 3.8) is 0 Å². The van der Waals surface area contributed by atoms with Gasteiger partial charge < -0.3 is 10.1 Å². The van der Waals surface area contributed by atoms with Crippen molar-refractivity contribution in [2.75, 3.05) is 12.4 Å². The number of benzene rings is 1. The monoisotopic (exact) mass is 253 g/mol. The Bertz CT molecular complexity index is 617. The van der Waals surface area contributed by atoms with Crippen molar-refractivity contribution >= 4 is 5.69 Å². The molecule has 0 radical (unpaired) electrons. The molecule has 2 rings (SSSR count). The molecule has 1 aromatic heterocycles. The topological polar surface area (TPSA) is 57.9 Å². The molecule has 0 saturated heterocycles. The Balaban J connectivity index is 2.22. The summed E-state index contributed by atoms with van der Waals surface area (Å²) in [5.41, 5.74) is 3.16. The Morgan fingerprint density at radius 2 is 2.05 bits per heavy atom. The van der Waals surface area contributed by atoms with Gasteiger partial charge in [0.05, 0.1) is 30.6 Å². The summed E-state index contributed by atoms with van der Waals surface area (Å²) < 4.78 is 5.27. The number of hydrogen-bond donors (Lipinski definition) is 1. The SMILES string of the molecule is COc1cccc(C#N)c1NCc1cccc(C)n1. The van der Waals surface area contributed by atoms with Crippen LogP contribution in [0.5, 0.6) is 5.75 Å². The Morgan fingerprint density at radius 3 is 2.74 bits per heavy atom. The first-order valence-corrected chi connectivity index (χ1v) is 5.98. The summed E-state index contributed by atoms with van der Waals surface area (Å²) in [5, 5.41) is 12.3. The summed E-state index contributed by atoms with van der Waals surface area (Å²) in [7, 11) is 1.59. The van der Waals surface area contributed by atoms with Crippen LogP contribution in [0.4, 0.5) is 5.69 Å². The number of pyridine rings is 1. The summed E-state index contributed by atoms with van der Waals surface area (Å²) >= 11 is 0. The van der Waals surface area contributed by atoms with E-state index >= 15 is 0 Å². The number of nitrogens with zero attached hydrogens (tertiary/aromatic N) is 2. The molecule has 0 atom stereocenters. The fourth-order valence-corrected chi connectivity index (χ4v) is 1.85. The smallest absolute Gasteiger partial charge is 0.143 e. The van der Waals surface area contributed by atoms with Crippen molar-refractivity contribution in [1.29, 1.82) is 5.26 Å². The molecule has 19 heavy (non-hydrogen) atoms. The van der Waals surface area contributed by atoms with Gasteiger partial charge >= 0.3 is 0 Å². The van der Waals surface area contributed by atoms with Gasteiger partial charge in [-0.1, -0.05) is 12.1 Å². The zero-order chi connectivity index (χ0) is 13.7. The maximum absolute atomic E-state index is 9.12. The van der Waals surface area contributed by atoms with E-state index in [0.717, 1.165) is 11.4 Å². The first kappa shape index (κ1) is 12.9. The zero-order valence-corrected chi connectivity index (χ0v) is 11.0. The highest BCUT2D eigenvalue weighted by Gasteiger charge is 2.08. The first-order valence-electron chi connectivity index (χ1n) is 5.98. The van der Waals surface area contributed by atoms with Crippen molar-refractivity contribution < 1.29 is 4.74 Å². The summed E-state index contributed by atoms with van der Waals surface area (Å²) in [6.45, 7) is 2.50. The van der Waals surface area contributed by atoms with Gasteiger partial charge in [-0.05, 0) is 31.2 Å². The number of nitrogens with one attached hydrogen (secondary N) is 1. The van der Waals surface area contributed by atoms with E-state index in [1.165, 1.54) is 0 Å². The third kappa shape index (κ3) is 3.02. The van der Waals surface area contributed by atoms with Crippen LogP contribution in [0.3, 0.4) is 0 Å². The molecule has 0 bridgehead atoms. The largest absolute Gasteiger partial charge is 0.495 e. The molecule has 4 heteroatoms. The van der Waals surface area contributed by atoms with Gasteiger partial charge in [-0.2, -0.15) is 5.26 Å². The second-order valence-corrected chi connectivity index (χ2v) is 4.12. The maximum Gasteiger partial charge on any atom is 0.143 e. The minimum atomic E-state index is 0.552. The highest BCUT2D eigenvalue weighted by Crippen LogP contribution is 2.28. The van der Waals surface area contributed by atoms with E-state index in [1.54, 1.807) is 19.2 Å². The predicted molar refractivity (Wildman–Crippen MR) is 74.0 cm³/mol. The molecule has 0 amide bonds. The fourth-order valence-electron chi connectivity index (χ4n) is 1.85. The fraction of sp³-hybridized carbons (Fsp3) is 0.200.